The normalized spacial score (nSPS) is 39.3. The Morgan fingerprint density at radius 2 is 1.76 bits per heavy atom. The number of rotatable bonds is 4. The standard InChI is InChI=1S/C7H15O9P/c1-14-7-6(10)5(9)4(8)3(16-7)2-15-17(11,12)13/h3-10H,2H2,1H3,(H2,11,12,13)/t3-,4-,5+,6+,7+/m1/s1. The van der Waals surface area contributed by atoms with Crippen LogP contribution < -0.4 is 0 Å². The smallest absolute Gasteiger partial charge is 0.387 e. The number of aliphatic hydroxyl groups excluding tert-OH is 3. The summed E-state index contributed by atoms with van der Waals surface area (Å²) < 4.78 is 24.3. The maximum atomic E-state index is 10.5. The minimum Gasteiger partial charge on any atom is -0.387 e. The summed E-state index contributed by atoms with van der Waals surface area (Å²) in [5.74, 6) is 0. The van der Waals surface area contributed by atoms with Crippen LogP contribution in [-0.4, -0.2) is 69.5 Å². The van der Waals surface area contributed by atoms with Gasteiger partial charge in [-0.1, -0.05) is 0 Å². The van der Waals surface area contributed by atoms with Gasteiger partial charge in [0.2, 0.25) is 0 Å². The molecule has 5 N–H and O–H groups in total. The zero-order valence-electron chi connectivity index (χ0n) is 8.91. The second-order valence-electron chi connectivity index (χ2n) is 3.54. The van der Waals surface area contributed by atoms with Crippen LogP contribution in [0.2, 0.25) is 0 Å². The lowest BCUT2D eigenvalue weighted by molar-refractivity contribution is -0.293. The summed E-state index contributed by atoms with van der Waals surface area (Å²) in [5, 5.41) is 28.3. The molecule has 1 aliphatic heterocycles. The monoisotopic (exact) mass is 274 g/mol. The van der Waals surface area contributed by atoms with Crippen LogP contribution >= 0.6 is 7.82 Å². The van der Waals surface area contributed by atoms with Crippen molar-refractivity contribution in [3.8, 4) is 0 Å². The molecule has 0 radical (unpaired) electrons. The number of hydrogen-bond donors (Lipinski definition) is 5. The lowest BCUT2D eigenvalue weighted by Crippen LogP contribution is -2.59. The van der Waals surface area contributed by atoms with Gasteiger partial charge in [0.25, 0.3) is 0 Å². The van der Waals surface area contributed by atoms with Crippen molar-refractivity contribution in [2.75, 3.05) is 13.7 Å². The Morgan fingerprint density at radius 1 is 1.18 bits per heavy atom. The molecule has 1 rings (SSSR count). The number of aliphatic hydroxyl groups is 3. The van der Waals surface area contributed by atoms with Crippen molar-refractivity contribution in [1.82, 2.24) is 0 Å². The minimum atomic E-state index is -4.70. The van der Waals surface area contributed by atoms with Crippen LogP contribution in [0.1, 0.15) is 0 Å². The summed E-state index contributed by atoms with van der Waals surface area (Å²) in [5.41, 5.74) is 0. The Bertz CT molecular complexity index is 289. The Balaban J connectivity index is 2.62. The van der Waals surface area contributed by atoms with Crippen molar-refractivity contribution in [2.24, 2.45) is 0 Å². The molecule has 17 heavy (non-hydrogen) atoms. The molecular formula is C7H15O9P. The Hall–Kier alpha value is -0.0900. The third-order valence-electron chi connectivity index (χ3n) is 2.31. The average molecular weight is 274 g/mol. The first kappa shape index (κ1) is 15.0. The number of hydrogen-bond acceptors (Lipinski definition) is 7. The van der Waals surface area contributed by atoms with Gasteiger partial charge in [-0.25, -0.2) is 4.57 Å². The average Bonchev–Trinajstić information content (AvgIpc) is 2.24. The first-order chi connectivity index (χ1) is 7.76. The molecule has 5 atom stereocenters. The van der Waals surface area contributed by atoms with E-state index in [1.165, 1.54) is 7.11 Å². The van der Waals surface area contributed by atoms with E-state index >= 15 is 0 Å². The molecule has 0 aliphatic carbocycles. The van der Waals surface area contributed by atoms with Crippen molar-refractivity contribution in [3.05, 3.63) is 0 Å². The SMILES string of the molecule is CO[C@H]1O[C@H](COP(=O)(O)O)[C@@H](O)[C@H](O)[C@@H]1O. The van der Waals surface area contributed by atoms with E-state index in [0.717, 1.165) is 0 Å². The second-order valence-corrected chi connectivity index (χ2v) is 4.78. The van der Waals surface area contributed by atoms with E-state index in [2.05, 4.69) is 4.52 Å². The number of phosphoric ester groups is 1. The third kappa shape index (κ3) is 3.95. The molecule has 102 valence electrons. The zero-order chi connectivity index (χ0) is 13.2. The summed E-state index contributed by atoms with van der Waals surface area (Å²) in [6, 6.07) is 0. The van der Waals surface area contributed by atoms with Crippen molar-refractivity contribution < 1.29 is 43.7 Å². The van der Waals surface area contributed by atoms with E-state index in [-0.39, 0.29) is 0 Å². The van der Waals surface area contributed by atoms with Crippen molar-refractivity contribution in [1.29, 1.82) is 0 Å². The quantitative estimate of drug-likeness (QED) is 0.352. The molecule has 10 heteroatoms. The van der Waals surface area contributed by atoms with Crippen LogP contribution in [0.3, 0.4) is 0 Å². The summed E-state index contributed by atoms with van der Waals surface area (Å²) in [4.78, 5) is 17.0. The van der Waals surface area contributed by atoms with Gasteiger partial charge in [-0.05, 0) is 0 Å². The van der Waals surface area contributed by atoms with Gasteiger partial charge in [0.05, 0.1) is 6.61 Å². The molecule has 0 aromatic heterocycles. The summed E-state index contributed by atoms with van der Waals surface area (Å²) >= 11 is 0. The van der Waals surface area contributed by atoms with Gasteiger partial charge in [0.1, 0.15) is 24.4 Å². The molecule has 9 nitrogen and oxygen atoms in total. The summed E-state index contributed by atoms with van der Waals surface area (Å²) in [6.07, 6.45) is -6.98. The predicted molar refractivity (Wildman–Crippen MR) is 51.7 cm³/mol. The first-order valence-electron chi connectivity index (χ1n) is 4.69. The second kappa shape index (κ2) is 5.70. The maximum Gasteiger partial charge on any atom is 0.469 e. The van der Waals surface area contributed by atoms with Crippen LogP contribution in [-0.2, 0) is 18.6 Å². The molecule has 0 amide bonds. The highest BCUT2D eigenvalue weighted by Crippen LogP contribution is 2.36. The fraction of sp³-hybridized carbons (Fsp3) is 1.00. The molecule has 0 bridgehead atoms. The van der Waals surface area contributed by atoms with E-state index in [1.54, 1.807) is 0 Å². The molecule has 0 saturated carbocycles. The Morgan fingerprint density at radius 3 is 2.24 bits per heavy atom. The number of phosphoric acid groups is 1. The Labute approximate surface area is 96.8 Å². The van der Waals surface area contributed by atoms with Crippen LogP contribution in [0.25, 0.3) is 0 Å². The largest absolute Gasteiger partial charge is 0.469 e. The van der Waals surface area contributed by atoms with Gasteiger partial charge in [-0.3, -0.25) is 4.52 Å². The third-order valence-corrected chi connectivity index (χ3v) is 2.79. The summed E-state index contributed by atoms with van der Waals surface area (Å²) in [7, 11) is -3.49. The summed E-state index contributed by atoms with van der Waals surface area (Å²) in [6.45, 7) is -0.644. The van der Waals surface area contributed by atoms with Crippen LogP contribution in [0, 0.1) is 0 Å². The van der Waals surface area contributed by atoms with Gasteiger partial charge < -0.3 is 34.6 Å². The number of methoxy groups -OCH3 is 1. The molecule has 1 fully saturated rings. The van der Waals surface area contributed by atoms with Gasteiger partial charge in [-0.15, -0.1) is 0 Å². The molecule has 0 unspecified atom stereocenters. The van der Waals surface area contributed by atoms with Gasteiger partial charge in [-0.2, -0.15) is 0 Å². The lowest BCUT2D eigenvalue weighted by atomic mass is 9.99. The molecule has 1 aliphatic rings. The fourth-order valence-corrected chi connectivity index (χ4v) is 1.76. The lowest BCUT2D eigenvalue weighted by Gasteiger charge is -2.39. The van der Waals surface area contributed by atoms with E-state index < -0.39 is 45.1 Å². The van der Waals surface area contributed by atoms with Gasteiger partial charge >= 0.3 is 7.82 Å². The van der Waals surface area contributed by atoms with Crippen molar-refractivity contribution in [3.63, 3.8) is 0 Å². The van der Waals surface area contributed by atoms with Gasteiger partial charge in [0, 0.05) is 7.11 Å². The zero-order valence-corrected chi connectivity index (χ0v) is 9.80. The van der Waals surface area contributed by atoms with Crippen LogP contribution in [0.5, 0.6) is 0 Å². The minimum absolute atomic E-state index is 0.644. The van der Waals surface area contributed by atoms with Crippen LogP contribution in [0.15, 0.2) is 0 Å². The number of ether oxygens (including phenoxy) is 2. The van der Waals surface area contributed by atoms with Crippen molar-refractivity contribution in [2.45, 2.75) is 30.7 Å². The highest BCUT2D eigenvalue weighted by Gasteiger charge is 2.44. The van der Waals surface area contributed by atoms with E-state index in [4.69, 9.17) is 19.3 Å². The highest BCUT2D eigenvalue weighted by molar-refractivity contribution is 7.46. The topological polar surface area (TPSA) is 146 Å². The van der Waals surface area contributed by atoms with E-state index in [1.807, 2.05) is 0 Å². The molecule has 1 saturated heterocycles. The predicted octanol–water partition coefficient (Wildman–Crippen LogP) is -2.45. The molecule has 0 spiro atoms. The van der Waals surface area contributed by atoms with Gasteiger partial charge in [0.15, 0.2) is 6.29 Å². The maximum absolute atomic E-state index is 10.5. The molecule has 0 aromatic rings. The first-order valence-corrected chi connectivity index (χ1v) is 6.22. The van der Waals surface area contributed by atoms with E-state index in [0.29, 0.717) is 0 Å². The molecule has 0 aromatic carbocycles. The van der Waals surface area contributed by atoms with Crippen molar-refractivity contribution >= 4 is 7.82 Å². The fourth-order valence-electron chi connectivity index (χ4n) is 1.42. The highest BCUT2D eigenvalue weighted by atomic mass is 31.2. The molecular weight excluding hydrogens is 259 g/mol. The van der Waals surface area contributed by atoms with E-state index in [9.17, 15) is 19.9 Å². The Kier molecular flexibility index (Phi) is 5.02. The molecule has 1 heterocycles. The van der Waals surface area contributed by atoms with Crippen LogP contribution in [0.4, 0.5) is 0 Å².